The van der Waals surface area contributed by atoms with Gasteiger partial charge in [0.25, 0.3) is 0 Å². The van der Waals surface area contributed by atoms with Gasteiger partial charge in [0.2, 0.25) is 0 Å². The van der Waals surface area contributed by atoms with Gasteiger partial charge < -0.3 is 24.3 Å². The molecular weight excluding hydrogens is 522 g/mol. The van der Waals surface area contributed by atoms with Crippen LogP contribution in [0.5, 0.6) is 23.0 Å². The molecule has 0 fully saturated rings. The van der Waals surface area contributed by atoms with Gasteiger partial charge in [0.15, 0.2) is 23.0 Å². The highest BCUT2D eigenvalue weighted by Crippen LogP contribution is 2.39. The lowest BCUT2D eigenvalue weighted by Gasteiger charge is -2.27. The lowest BCUT2D eigenvalue weighted by Crippen LogP contribution is -2.28. The number of hydrogen-bond acceptors (Lipinski definition) is 5. The Bertz CT molecular complexity index is 1510. The number of nitrogens with one attached hydrogen (secondary N) is 1. The largest absolute Gasteiger partial charge is 0.493 e. The van der Waals surface area contributed by atoms with Gasteiger partial charge in [0.1, 0.15) is 13.2 Å². The average Bonchev–Trinajstić information content (AvgIpc) is 3.01. The molecule has 1 atom stereocenters. The number of methoxy groups -OCH3 is 2. The van der Waals surface area contributed by atoms with Crippen LogP contribution in [0.2, 0.25) is 0 Å². The monoisotopic (exact) mass is 563 g/mol. The second-order valence-corrected chi connectivity index (χ2v) is 11.6. The first-order valence-corrected chi connectivity index (χ1v) is 14.5. The van der Waals surface area contributed by atoms with Gasteiger partial charge in [-0.2, -0.15) is 0 Å². The molecule has 0 aliphatic carbocycles. The fourth-order valence-corrected chi connectivity index (χ4v) is 5.35. The smallest absolute Gasteiger partial charge is 0.162 e. The first-order chi connectivity index (χ1) is 20.4. The molecule has 0 bridgehead atoms. The summed E-state index contributed by atoms with van der Waals surface area (Å²) >= 11 is 0. The van der Waals surface area contributed by atoms with Crippen molar-refractivity contribution in [2.24, 2.45) is 0 Å². The van der Waals surface area contributed by atoms with E-state index in [1.54, 1.807) is 14.2 Å². The van der Waals surface area contributed by atoms with Gasteiger partial charge in [0, 0.05) is 6.54 Å². The quantitative estimate of drug-likeness (QED) is 0.212. The Morgan fingerprint density at radius 3 is 1.88 bits per heavy atom. The predicted molar refractivity (Wildman–Crippen MR) is 170 cm³/mol. The minimum Gasteiger partial charge on any atom is -0.493 e. The van der Waals surface area contributed by atoms with Crippen LogP contribution in [-0.2, 0) is 25.0 Å². The van der Waals surface area contributed by atoms with Gasteiger partial charge in [-0.3, -0.25) is 0 Å². The van der Waals surface area contributed by atoms with E-state index in [0.29, 0.717) is 13.2 Å². The van der Waals surface area contributed by atoms with Crippen molar-refractivity contribution >= 4 is 6.08 Å². The number of rotatable bonds is 10. The van der Waals surface area contributed by atoms with Crippen molar-refractivity contribution in [3.63, 3.8) is 0 Å². The molecule has 0 saturated heterocycles. The maximum absolute atomic E-state index is 6.26. The van der Waals surface area contributed by atoms with E-state index in [1.807, 2.05) is 36.4 Å². The van der Waals surface area contributed by atoms with Crippen LogP contribution >= 0.6 is 0 Å². The molecule has 4 aromatic carbocycles. The highest BCUT2D eigenvalue weighted by Gasteiger charge is 2.23. The number of ether oxygens (including phenoxy) is 4. The van der Waals surface area contributed by atoms with Crippen molar-refractivity contribution in [2.75, 3.05) is 20.8 Å². The van der Waals surface area contributed by atoms with Crippen LogP contribution in [0.25, 0.3) is 6.08 Å². The molecule has 218 valence electrons. The molecule has 5 nitrogen and oxygen atoms in total. The Balaban J connectivity index is 1.43. The maximum Gasteiger partial charge on any atom is 0.162 e. The van der Waals surface area contributed by atoms with Gasteiger partial charge in [-0.15, -0.1) is 0 Å². The van der Waals surface area contributed by atoms with Gasteiger partial charge >= 0.3 is 0 Å². The van der Waals surface area contributed by atoms with E-state index in [0.717, 1.165) is 52.7 Å². The molecule has 0 saturated carbocycles. The average molecular weight is 564 g/mol. The third-order valence-electron chi connectivity index (χ3n) is 7.61. The van der Waals surface area contributed by atoms with Crippen molar-refractivity contribution < 1.29 is 18.9 Å². The van der Waals surface area contributed by atoms with Crippen molar-refractivity contribution in [3.8, 4) is 23.0 Å². The second kappa shape index (κ2) is 13.2. The summed E-state index contributed by atoms with van der Waals surface area (Å²) in [6.07, 6.45) is 5.37. The van der Waals surface area contributed by atoms with Crippen LogP contribution < -0.4 is 24.3 Å². The first kappa shape index (κ1) is 29.3. The van der Waals surface area contributed by atoms with Crippen LogP contribution in [0.15, 0.2) is 91.0 Å². The molecule has 5 heteroatoms. The van der Waals surface area contributed by atoms with E-state index in [4.69, 9.17) is 18.9 Å². The maximum atomic E-state index is 6.26. The lowest BCUT2D eigenvalue weighted by molar-refractivity contribution is 0.283. The summed E-state index contributed by atoms with van der Waals surface area (Å²) in [5, 5.41) is 3.68. The molecule has 1 aliphatic rings. The van der Waals surface area contributed by atoms with E-state index in [2.05, 4.69) is 86.8 Å². The fourth-order valence-electron chi connectivity index (χ4n) is 5.35. The van der Waals surface area contributed by atoms with Gasteiger partial charge in [-0.25, -0.2) is 0 Å². The molecular formula is C37H41NO4. The van der Waals surface area contributed by atoms with E-state index in [-0.39, 0.29) is 11.5 Å². The van der Waals surface area contributed by atoms with E-state index < -0.39 is 0 Å². The summed E-state index contributed by atoms with van der Waals surface area (Å²) in [6, 6.07) is 28.9. The summed E-state index contributed by atoms with van der Waals surface area (Å²) in [4.78, 5) is 0. The third-order valence-corrected chi connectivity index (χ3v) is 7.61. The van der Waals surface area contributed by atoms with Crippen LogP contribution in [-0.4, -0.2) is 20.8 Å². The normalized spacial score (nSPS) is 14.8. The summed E-state index contributed by atoms with van der Waals surface area (Å²) < 4.78 is 24.0. The molecule has 1 aliphatic heterocycles. The van der Waals surface area contributed by atoms with Crippen LogP contribution in [0.1, 0.15) is 60.2 Å². The van der Waals surface area contributed by atoms with Gasteiger partial charge in [-0.1, -0.05) is 93.6 Å². The highest BCUT2D eigenvalue weighted by atomic mass is 16.5. The molecule has 0 radical (unpaired) electrons. The predicted octanol–water partition coefficient (Wildman–Crippen LogP) is 8.06. The van der Waals surface area contributed by atoms with Crippen molar-refractivity contribution in [2.45, 2.75) is 51.9 Å². The summed E-state index contributed by atoms with van der Waals surface area (Å²) in [6.45, 7) is 8.52. The molecule has 1 unspecified atom stereocenters. The van der Waals surface area contributed by atoms with Crippen LogP contribution in [0.4, 0.5) is 0 Å². The number of benzene rings is 4. The van der Waals surface area contributed by atoms with Crippen molar-refractivity contribution in [1.29, 1.82) is 0 Å². The summed E-state index contributed by atoms with van der Waals surface area (Å²) in [5.74, 6) is 2.98. The van der Waals surface area contributed by atoms with Crippen molar-refractivity contribution in [3.05, 3.63) is 124 Å². The van der Waals surface area contributed by atoms with Crippen LogP contribution in [0, 0.1) is 0 Å². The molecule has 1 heterocycles. The Kier molecular flexibility index (Phi) is 9.19. The summed E-state index contributed by atoms with van der Waals surface area (Å²) in [7, 11) is 3.39. The van der Waals surface area contributed by atoms with Crippen LogP contribution in [0.3, 0.4) is 0 Å². The molecule has 42 heavy (non-hydrogen) atoms. The summed E-state index contributed by atoms with van der Waals surface area (Å²) in [5.41, 5.74) is 6.92. The second-order valence-electron chi connectivity index (χ2n) is 11.6. The van der Waals surface area contributed by atoms with Gasteiger partial charge in [0.05, 0.1) is 20.3 Å². The molecule has 0 amide bonds. The zero-order valence-corrected chi connectivity index (χ0v) is 25.3. The highest BCUT2D eigenvalue weighted by molar-refractivity contribution is 5.63. The Hall–Kier alpha value is -4.22. The molecule has 5 rings (SSSR count). The van der Waals surface area contributed by atoms with Crippen molar-refractivity contribution in [1.82, 2.24) is 5.32 Å². The first-order valence-electron chi connectivity index (χ1n) is 14.5. The Morgan fingerprint density at radius 1 is 0.738 bits per heavy atom. The molecule has 0 aromatic heterocycles. The third kappa shape index (κ3) is 6.97. The molecule has 0 spiro atoms. The zero-order chi connectivity index (χ0) is 29.5. The fraction of sp³-hybridized carbons (Fsp3) is 0.297. The number of hydrogen-bond donors (Lipinski definition) is 1. The Morgan fingerprint density at radius 2 is 1.31 bits per heavy atom. The topological polar surface area (TPSA) is 49.0 Å². The minimum atomic E-state index is -0.0863. The zero-order valence-electron chi connectivity index (χ0n) is 25.3. The standard InChI is InChI=1S/C37H41NO4/c1-37(2,3)31-23-34(40-5)36(42-25-27-14-10-7-11-15-27)21-29(31)16-17-32-30-22-33(39-4)35(20-28(30)18-19-38-32)41-24-26-12-8-6-9-13-26/h6-17,20-23,32,38H,18-19,24-25H2,1-5H3. The van der Waals surface area contributed by atoms with E-state index in [1.165, 1.54) is 16.7 Å². The lowest BCUT2D eigenvalue weighted by atomic mass is 9.83. The SMILES string of the molecule is COc1cc(C(C)(C)C)c(C=CC2NCCc3cc(OCc4ccccc4)c(OC)cc32)cc1OCc1ccccc1. The number of fused-ring (bicyclic) bond motifs is 1. The Labute approximate surface area is 250 Å². The van der Waals surface area contributed by atoms with E-state index in [9.17, 15) is 0 Å². The van der Waals surface area contributed by atoms with Gasteiger partial charge in [-0.05, 0) is 69.5 Å². The molecule has 1 N–H and O–H groups in total. The minimum absolute atomic E-state index is 0.0365. The van der Waals surface area contributed by atoms with E-state index >= 15 is 0 Å². The molecule has 4 aromatic rings.